The first-order valence-electron chi connectivity index (χ1n) is 7.70. The van der Waals surface area contributed by atoms with E-state index in [2.05, 4.69) is 38.2 Å². The third-order valence-electron chi connectivity index (χ3n) is 4.06. The minimum atomic E-state index is -0.588. The van der Waals surface area contributed by atoms with E-state index in [9.17, 15) is 9.18 Å². The Bertz CT molecular complexity index is 831. The quantitative estimate of drug-likeness (QED) is 0.282. The molecule has 0 aliphatic heterocycles. The molecule has 0 saturated heterocycles. The molecule has 5 nitrogen and oxygen atoms in total. The molecule has 1 aromatic carbocycles. The van der Waals surface area contributed by atoms with E-state index in [4.69, 9.17) is 5.41 Å². The van der Waals surface area contributed by atoms with Crippen LogP contribution in [-0.2, 0) is 10.2 Å². The highest BCUT2D eigenvalue weighted by Gasteiger charge is 2.51. The average Bonchev–Trinajstić information content (AvgIpc) is 3.37. The summed E-state index contributed by atoms with van der Waals surface area (Å²) in [5, 5.41) is 13.3. The lowest BCUT2D eigenvalue weighted by Crippen LogP contribution is -2.37. The molecule has 2 aromatic rings. The second-order valence-corrected chi connectivity index (χ2v) is 7.05. The first-order valence-corrected chi connectivity index (χ1v) is 8.78. The maximum atomic E-state index is 13.0. The standard InChI is InChI=1S/C18H16FIN4O/c19-15-11-14(5-9-23-15)22-10-6-16(21)24-17(25)18(7-8-18)12-1-3-13(20)4-2-12/h1-6,9-11H,7-8H2,(H,22,23)(H2,21,24,25)/b10-6-. The third kappa shape index (κ3) is 4.22. The number of anilines is 1. The van der Waals surface area contributed by atoms with Gasteiger partial charge in [0.2, 0.25) is 11.9 Å². The first-order chi connectivity index (χ1) is 12.0. The SMILES string of the molecule is N=C(/C=C\Nc1ccnc(F)c1)NC(=O)C1(c2ccc(I)cc2)CC1. The Morgan fingerprint density at radius 2 is 2.00 bits per heavy atom. The van der Waals surface area contributed by atoms with Crippen molar-refractivity contribution < 1.29 is 9.18 Å². The maximum absolute atomic E-state index is 13.0. The van der Waals surface area contributed by atoms with E-state index in [0.29, 0.717) is 5.69 Å². The molecule has 1 saturated carbocycles. The van der Waals surface area contributed by atoms with Crippen molar-refractivity contribution in [2.75, 3.05) is 5.32 Å². The van der Waals surface area contributed by atoms with Gasteiger partial charge in [-0.2, -0.15) is 4.39 Å². The van der Waals surface area contributed by atoms with Crippen molar-refractivity contribution >= 4 is 40.0 Å². The van der Waals surface area contributed by atoms with Gasteiger partial charge in [-0.25, -0.2) is 4.98 Å². The summed E-state index contributed by atoms with van der Waals surface area (Å²) in [4.78, 5) is 16.0. The Morgan fingerprint density at radius 3 is 2.64 bits per heavy atom. The molecular weight excluding hydrogens is 434 g/mol. The molecule has 0 spiro atoms. The summed E-state index contributed by atoms with van der Waals surface area (Å²) in [6, 6.07) is 10.7. The fraction of sp³-hybridized carbons (Fsp3) is 0.167. The summed E-state index contributed by atoms with van der Waals surface area (Å²) in [6.07, 6.45) is 5.80. The lowest BCUT2D eigenvalue weighted by atomic mass is 9.95. The average molecular weight is 450 g/mol. The molecule has 0 bridgehead atoms. The summed E-state index contributed by atoms with van der Waals surface area (Å²) in [5.41, 5.74) is 0.972. The molecule has 25 heavy (non-hydrogen) atoms. The molecule has 0 radical (unpaired) electrons. The van der Waals surface area contributed by atoms with Crippen LogP contribution in [0.3, 0.4) is 0 Å². The molecule has 7 heteroatoms. The molecule has 1 heterocycles. The molecule has 1 aliphatic carbocycles. The van der Waals surface area contributed by atoms with Crippen LogP contribution in [0.25, 0.3) is 0 Å². The number of nitrogens with zero attached hydrogens (tertiary/aromatic N) is 1. The molecule has 0 unspecified atom stereocenters. The Hall–Kier alpha value is -2.29. The largest absolute Gasteiger partial charge is 0.361 e. The van der Waals surface area contributed by atoms with E-state index >= 15 is 0 Å². The van der Waals surface area contributed by atoms with Crippen molar-refractivity contribution in [2.24, 2.45) is 0 Å². The summed E-state index contributed by atoms with van der Waals surface area (Å²) < 4.78 is 14.1. The normalized spacial score (nSPS) is 15.0. The van der Waals surface area contributed by atoms with Gasteiger partial charge in [0.05, 0.1) is 5.41 Å². The number of hydrogen-bond donors (Lipinski definition) is 3. The van der Waals surface area contributed by atoms with Gasteiger partial charge in [-0.1, -0.05) is 12.1 Å². The fourth-order valence-electron chi connectivity index (χ4n) is 2.54. The van der Waals surface area contributed by atoms with Gasteiger partial charge < -0.3 is 10.6 Å². The van der Waals surface area contributed by atoms with Crippen molar-refractivity contribution in [1.29, 1.82) is 5.41 Å². The number of rotatable bonds is 5. The minimum Gasteiger partial charge on any atom is -0.361 e. The van der Waals surface area contributed by atoms with Crippen LogP contribution in [-0.4, -0.2) is 16.7 Å². The van der Waals surface area contributed by atoms with Gasteiger partial charge in [-0.15, -0.1) is 0 Å². The highest BCUT2D eigenvalue weighted by atomic mass is 127. The predicted octanol–water partition coefficient (Wildman–Crippen LogP) is 3.58. The highest BCUT2D eigenvalue weighted by molar-refractivity contribution is 14.1. The summed E-state index contributed by atoms with van der Waals surface area (Å²) in [5.74, 6) is -0.780. The van der Waals surface area contributed by atoms with Gasteiger partial charge in [0, 0.05) is 27.7 Å². The van der Waals surface area contributed by atoms with Crippen molar-refractivity contribution in [3.05, 3.63) is 70.0 Å². The lowest BCUT2D eigenvalue weighted by Gasteiger charge is -2.15. The van der Waals surface area contributed by atoms with E-state index in [1.54, 1.807) is 6.07 Å². The van der Waals surface area contributed by atoms with Crippen LogP contribution in [0, 0.1) is 14.9 Å². The van der Waals surface area contributed by atoms with Crippen molar-refractivity contribution in [2.45, 2.75) is 18.3 Å². The number of amidine groups is 1. The first kappa shape index (κ1) is 17.5. The number of hydrogen-bond acceptors (Lipinski definition) is 4. The molecule has 1 aromatic heterocycles. The molecular formula is C18H16FIN4O. The van der Waals surface area contributed by atoms with Gasteiger partial charge in [-0.3, -0.25) is 10.2 Å². The zero-order valence-electron chi connectivity index (χ0n) is 13.2. The third-order valence-corrected chi connectivity index (χ3v) is 4.78. The van der Waals surface area contributed by atoms with Crippen LogP contribution in [0.2, 0.25) is 0 Å². The number of halogens is 2. The minimum absolute atomic E-state index is 0.0242. The Labute approximate surface area is 158 Å². The highest BCUT2D eigenvalue weighted by Crippen LogP contribution is 2.48. The Balaban J connectivity index is 1.58. The van der Waals surface area contributed by atoms with Crippen molar-refractivity contribution in [3.8, 4) is 0 Å². The zero-order valence-corrected chi connectivity index (χ0v) is 15.4. The van der Waals surface area contributed by atoms with E-state index in [-0.39, 0.29) is 11.7 Å². The molecule has 3 rings (SSSR count). The number of nitrogens with one attached hydrogen (secondary N) is 3. The van der Waals surface area contributed by atoms with Crippen LogP contribution in [0.1, 0.15) is 18.4 Å². The number of carbonyl (C=O) groups excluding carboxylic acids is 1. The van der Waals surface area contributed by atoms with E-state index < -0.39 is 11.4 Å². The lowest BCUT2D eigenvalue weighted by molar-refractivity contribution is -0.122. The second-order valence-electron chi connectivity index (χ2n) is 5.80. The van der Waals surface area contributed by atoms with Crippen LogP contribution < -0.4 is 10.6 Å². The molecule has 1 amide bonds. The van der Waals surface area contributed by atoms with Gasteiger partial charge in [0.1, 0.15) is 5.84 Å². The van der Waals surface area contributed by atoms with Crippen molar-refractivity contribution in [3.63, 3.8) is 0 Å². The summed E-state index contributed by atoms with van der Waals surface area (Å²) in [6.45, 7) is 0. The zero-order chi connectivity index (χ0) is 17.9. The second kappa shape index (κ2) is 7.30. The van der Waals surface area contributed by atoms with Gasteiger partial charge in [0.15, 0.2) is 0 Å². The van der Waals surface area contributed by atoms with Crippen LogP contribution in [0.5, 0.6) is 0 Å². The Kier molecular flexibility index (Phi) is 5.12. The van der Waals surface area contributed by atoms with E-state index in [0.717, 1.165) is 22.0 Å². The predicted molar refractivity (Wildman–Crippen MR) is 103 cm³/mol. The number of amides is 1. The topological polar surface area (TPSA) is 77.9 Å². The molecule has 1 aliphatic rings. The molecule has 3 N–H and O–H groups in total. The van der Waals surface area contributed by atoms with Crippen molar-refractivity contribution in [1.82, 2.24) is 10.3 Å². The van der Waals surface area contributed by atoms with Gasteiger partial charge >= 0.3 is 0 Å². The number of aromatic nitrogens is 1. The summed E-state index contributed by atoms with van der Waals surface area (Å²) >= 11 is 2.23. The monoisotopic (exact) mass is 450 g/mol. The van der Waals surface area contributed by atoms with Gasteiger partial charge in [-0.05, 0) is 65.3 Å². The maximum Gasteiger partial charge on any atom is 0.236 e. The van der Waals surface area contributed by atoms with E-state index in [1.165, 1.54) is 24.5 Å². The smallest absolute Gasteiger partial charge is 0.236 e. The van der Waals surface area contributed by atoms with Crippen LogP contribution in [0.4, 0.5) is 10.1 Å². The summed E-state index contributed by atoms with van der Waals surface area (Å²) in [7, 11) is 0. The van der Waals surface area contributed by atoms with E-state index in [1.807, 2.05) is 24.3 Å². The molecule has 128 valence electrons. The number of benzene rings is 1. The van der Waals surface area contributed by atoms with Crippen LogP contribution >= 0.6 is 22.6 Å². The van der Waals surface area contributed by atoms with Gasteiger partial charge in [0.25, 0.3) is 0 Å². The molecule has 0 atom stereocenters. The Morgan fingerprint density at radius 1 is 1.28 bits per heavy atom. The van der Waals surface area contributed by atoms with Crippen LogP contribution in [0.15, 0.2) is 54.9 Å². The molecule has 1 fully saturated rings. The fourth-order valence-corrected chi connectivity index (χ4v) is 2.90. The number of carbonyl (C=O) groups is 1. The number of pyridine rings is 1.